The molecule has 5 heteroatoms. The minimum Gasteiger partial charge on any atom is -0.346 e. The Labute approximate surface area is 150 Å². The van der Waals surface area contributed by atoms with E-state index in [4.69, 9.17) is 0 Å². The van der Waals surface area contributed by atoms with Crippen molar-refractivity contribution in [1.82, 2.24) is 5.32 Å². The number of hydrogen-bond donors (Lipinski definition) is 1. The predicted molar refractivity (Wildman–Crippen MR) is 101 cm³/mol. The summed E-state index contributed by atoms with van der Waals surface area (Å²) in [7, 11) is -3.21. The molecule has 25 heavy (non-hydrogen) atoms. The summed E-state index contributed by atoms with van der Waals surface area (Å²) in [6.07, 6.45) is 1.18. The summed E-state index contributed by atoms with van der Waals surface area (Å²) in [4.78, 5) is 12.7. The van der Waals surface area contributed by atoms with Crippen LogP contribution in [0, 0.1) is 0 Å². The molecular weight excluding hydrogens is 334 g/mol. The number of hydrogen-bond acceptors (Lipinski definition) is 3. The third-order valence-corrected chi connectivity index (χ3v) is 5.30. The van der Waals surface area contributed by atoms with E-state index in [-0.39, 0.29) is 22.3 Å². The second-order valence-corrected chi connectivity index (χ2v) is 9.38. The predicted octanol–water partition coefficient (Wildman–Crippen LogP) is 3.88. The van der Waals surface area contributed by atoms with Gasteiger partial charge in [-0.05, 0) is 47.7 Å². The summed E-state index contributed by atoms with van der Waals surface area (Å²) in [5.74, 6) is -0.153. The number of benzene rings is 2. The van der Waals surface area contributed by atoms with E-state index >= 15 is 0 Å². The van der Waals surface area contributed by atoms with Crippen molar-refractivity contribution in [3.8, 4) is 0 Å². The second kappa shape index (κ2) is 7.00. The fourth-order valence-electron chi connectivity index (χ4n) is 2.49. The molecular formula is C20H25NO3S. The summed E-state index contributed by atoms with van der Waals surface area (Å²) >= 11 is 0. The Hall–Kier alpha value is -2.14. The monoisotopic (exact) mass is 359 g/mol. The Morgan fingerprint density at radius 3 is 1.92 bits per heavy atom. The van der Waals surface area contributed by atoms with Gasteiger partial charge in [0.15, 0.2) is 9.84 Å². The molecule has 134 valence electrons. The topological polar surface area (TPSA) is 63.2 Å². The maximum atomic E-state index is 12.4. The van der Waals surface area contributed by atoms with E-state index in [0.29, 0.717) is 5.56 Å². The lowest BCUT2D eigenvalue weighted by molar-refractivity contribution is 0.0940. The quantitative estimate of drug-likeness (QED) is 0.901. The van der Waals surface area contributed by atoms with Gasteiger partial charge in [-0.25, -0.2) is 8.42 Å². The average molecular weight is 359 g/mol. The lowest BCUT2D eigenvalue weighted by Crippen LogP contribution is -2.26. The van der Waals surface area contributed by atoms with Crippen molar-refractivity contribution in [1.29, 1.82) is 0 Å². The highest BCUT2D eigenvalue weighted by molar-refractivity contribution is 7.90. The fraction of sp³-hybridized carbons (Fsp3) is 0.350. The highest BCUT2D eigenvalue weighted by atomic mass is 32.2. The van der Waals surface area contributed by atoms with Crippen LogP contribution < -0.4 is 5.32 Å². The summed E-state index contributed by atoms with van der Waals surface area (Å²) in [6.45, 7) is 8.26. The smallest absolute Gasteiger partial charge is 0.251 e. The van der Waals surface area contributed by atoms with E-state index in [9.17, 15) is 13.2 Å². The van der Waals surface area contributed by atoms with E-state index in [1.165, 1.54) is 11.8 Å². The average Bonchev–Trinajstić information content (AvgIpc) is 2.53. The van der Waals surface area contributed by atoms with Crippen LogP contribution >= 0.6 is 0 Å². The van der Waals surface area contributed by atoms with Crippen LogP contribution in [-0.4, -0.2) is 20.6 Å². The molecule has 0 heterocycles. The Kier molecular flexibility index (Phi) is 5.37. The van der Waals surface area contributed by atoms with Gasteiger partial charge in [-0.15, -0.1) is 0 Å². The molecule has 0 aliphatic heterocycles. The molecule has 0 unspecified atom stereocenters. The van der Waals surface area contributed by atoms with Crippen LogP contribution in [0.1, 0.15) is 55.2 Å². The lowest BCUT2D eigenvalue weighted by atomic mass is 9.86. The van der Waals surface area contributed by atoms with Crippen LogP contribution in [0.3, 0.4) is 0 Å². The maximum absolute atomic E-state index is 12.4. The zero-order chi connectivity index (χ0) is 18.8. The Balaban J connectivity index is 2.09. The van der Waals surface area contributed by atoms with Crippen molar-refractivity contribution in [3.63, 3.8) is 0 Å². The largest absolute Gasteiger partial charge is 0.346 e. The first kappa shape index (κ1) is 19.2. The highest BCUT2D eigenvalue weighted by Crippen LogP contribution is 2.22. The summed E-state index contributed by atoms with van der Waals surface area (Å²) in [5, 5.41) is 2.94. The molecule has 1 amide bonds. The molecule has 0 aliphatic rings. The Morgan fingerprint density at radius 2 is 1.48 bits per heavy atom. The van der Waals surface area contributed by atoms with Gasteiger partial charge in [0.25, 0.3) is 5.91 Å². The molecule has 0 spiro atoms. The van der Waals surface area contributed by atoms with Gasteiger partial charge in [0, 0.05) is 11.8 Å². The van der Waals surface area contributed by atoms with Crippen molar-refractivity contribution in [2.75, 3.05) is 6.26 Å². The normalized spacial score (nSPS) is 13.3. The third-order valence-electron chi connectivity index (χ3n) is 4.17. The highest BCUT2D eigenvalue weighted by Gasteiger charge is 2.16. The molecule has 1 N–H and O–H groups in total. The van der Waals surface area contributed by atoms with E-state index < -0.39 is 9.84 Å². The lowest BCUT2D eigenvalue weighted by Gasteiger charge is -2.19. The zero-order valence-electron chi connectivity index (χ0n) is 15.3. The van der Waals surface area contributed by atoms with Gasteiger partial charge < -0.3 is 5.32 Å². The molecule has 0 saturated heterocycles. The first-order valence-electron chi connectivity index (χ1n) is 8.20. The SMILES string of the molecule is C[C@@H](NC(=O)c1ccc(C(C)(C)C)cc1)c1ccc(S(C)(=O)=O)cc1. The van der Waals surface area contributed by atoms with Gasteiger partial charge in [0.2, 0.25) is 0 Å². The summed E-state index contributed by atoms with van der Waals surface area (Å²) in [5.41, 5.74) is 2.68. The number of amides is 1. The molecule has 0 saturated carbocycles. The van der Waals surface area contributed by atoms with Gasteiger partial charge in [-0.1, -0.05) is 45.0 Å². The van der Waals surface area contributed by atoms with Crippen molar-refractivity contribution in [2.24, 2.45) is 0 Å². The molecule has 0 aromatic heterocycles. The number of nitrogens with one attached hydrogen (secondary N) is 1. The van der Waals surface area contributed by atoms with Crippen molar-refractivity contribution >= 4 is 15.7 Å². The Morgan fingerprint density at radius 1 is 0.960 bits per heavy atom. The molecule has 0 aliphatic carbocycles. The second-order valence-electron chi connectivity index (χ2n) is 7.36. The van der Waals surface area contributed by atoms with Crippen molar-refractivity contribution in [3.05, 3.63) is 65.2 Å². The molecule has 0 radical (unpaired) electrons. The van der Waals surface area contributed by atoms with E-state index in [1.807, 2.05) is 31.2 Å². The van der Waals surface area contributed by atoms with Gasteiger partial charge in [0.1, 0.15) is 0 Å². The van der Waals surface area contributed by atoms with Gasteiger partial charge in [-0.2, -0.15) is 0 Å². The molecule has 4 nitrogen and oxygen atoms in total. The van der Waals surface area contributed by atoms with Crippen molar-refractivity contribution in [2.45, 2.75) is 44.0 Å². The molecule has 0 bridgehead atoms. The molecule has 1 atom stereocenters. The number of rotatable bonds is 4. The third kappa shape index (κ3) is 4.92. The van der Waals surface area contributed by atoms with Crippen LogP contribution in [0.4, 0.5) is 0 Å². The van der Waals surface area contributed by atoms with E-state index in [0.717, 1.165) is 5.56 Å². The maximum Gasteiger partial charge on any atom is 0.251 e. The molecule has 2 aromatic rings. The van der Waals surface area contributed by atoms with Crippen LogP contribution in [-0.2, 0) is 15.3 Å². The molecule has 2 aromatic carbocycles. The minimum absolute atomic E-state index is 0.0453. The van der Waals surface area contributed by atoms with Crippen LogP contribution in [0.5, 0.6) is 0 Å². The van der Waals surface area contributed by atoms with E-state index in [2.05, 4.69) is 26.1 Å². The van der Waals surface area contributed by atoms with E-state index in [1.54, 1.807) is 24.3 Å². The summed E-state index contributed by atoms with van der Waals surface area (Å²) in [6, 6.07) is 14.0. The number of sulfone groups is 1. The van der Waals surface area contributed by atoms with Crippen LogP contribution in [0.15, 0.2) is 53.4 Å². The van der Waals surface area contributed by atoms with Gasteiger partial charge in [0.05, 0.1) is 10.9 Å². The van der Waals surface area contributed by atoms with Gasteiger partial charge >= 0.3 is 0 Å². The van der Waals surface area contributed by atoms with Crippen LogP contribution in [0.2, 0.25) is 0 Å². The zero-order valence-corrected chi connectivity index (χ0v) is 16.1. The van der Waals surface area contributed by atoms with Crippen molar-refractivity contribution < 1.29 is 13.2 Å². The number of carbonyl (C=O) groups is 1. The first-order valence-corrected chi connectivity index (χ1v) is 10.1. The fourth-order valence-corrected chi connectivity index (χ4v) is 3.12. The van der Waals surface area contributed by atoms with Gasteiger partial charge in [-0.3, -0.25) is 4.79 Å². The molecule has 2 rings (SSSR count). The number of carbonyl (C=O) groups excluding carboxylic acids is 1. The Bertz CT molecular complexity index is 845. The standard InChI is InChI=1S/C20H25NO3S/c1-14(15-8-12-18(13-9-15)25(5,23)24)21-19(22)16-6-10-17(11-7-16)20(2,3)4/h6-14H,1-5H3,(H,21,22)/t14-/m1/s1. The van der Waals surface area contributed by atoms with Crippen LogP contribution in [0.25, 0.3) is 0 Å². The minimum atomic E-state index is -3.21. The molecule has 0 fully saturated rings. The first-order chi connectivity index (χ1) is 11.5. The summed E-state index contributed by atoms with van der Waals surface area (Å²) < 4.78 is 23.0.